The minimum Gasteiger partial charge on any atom is -0.383 e. The Morgan fingerprint density at radius 1 is 1.24 bits per heavy atom. The zero-order valence-corrected chi connectivity index (χ0v) is 20.2. The Bertz CT molecular complexity index is 1240. The molecule has 3 atom stereocenters. The van der Waals surface area contributed by atoms with E-state index in [1.54, 1.807) is 22.3 Å². The Hall–Kier alpha value is -3.04. The molecule has 0 radical (unpaired) electrons. The summed E-state index contributed by atoms with van der Waals surface area (Å²) >= 11 is 1.72. The largest absolute Gasteiger partial charge is 0.383 e. The molecule has 0 aliphatic carbocycles. The van der Waals surface area contributed by atoms with Gasteiger partial charge in [0, 0.05) is 19.1 Å². The molecule has 2 aromatic heterocycles. The van der Waals surface area contributed by atoms with E-state index < -0.39 is 11.8 Å². The van der Waals surface area contributed by atoms with Crippen LogP contribution in [0, 0.1) is 12.8 Å². The fourth-order valence-corrected chi connectivity index (χ4v) is 5.83. The van der Waals surface area contributed by atoms with Crippen LogP contribution in [0.3, 0.4) is 0 Å². The number of nitrogen functional groups attached to an aromatic ring is 1. The monoisotopic (exact) mass is 479 g/mol. The molecule has 5 rings (SSSR count). The number of aromatic nitrogens is 2. The summed E-state index contributed by atoms with van der Waals surface area (Å²) in [6.07, 6.45) is 4.28. The second-order valence-corrected chi connectivity index (χ2v) is 10.4. The van der Waals surface area contributed by atoms with Crippen LogP contribution in [-0.2, 0) is 14.3 Å². The van der Waals surface area contributed by atoms with Crippen LogP contribution in [0.1, 0.15) is 54.3 Å². The molecule has 3 N–H and O–H groups in total. The Morgan fingerprint density at radius 2 is 2.09 bits per heavy atom. The van der Waals surface area contributed by atoms with Crippen LogP contribution >= 0.6 is 11.3 Å². The summed E-state index contributed by atoms with van der Waals surface area (Å²) in [5.74, 6) is -0.109. The van der Waals surface area contributed by atoms with Gasteiger partial charge in [0.1, 0.15) is 5.82 Å². The van der Waals surface area contributed by atoms with E-state index in [9.17, 15) is 9.59 Å². The lowest BCUT2D eigenvalue weighted by molar-refractivity contribution is -0.146. The van der Waals surface area contributed by atoms with E-state index in [1.807, 2.05) is 6.92 Å². The third kappa shape index (κ3) is 4.50. The molecule has 1 unspecified atom stereocenters. The average Bonchev–Trinajstić information content (AvgIpc) is 3.50. The number of hydrogen-bond acceptors (Lipinski definition) is 7. The van der Waals surface area contributed by atoms with Gasteiger partial charge in [0.2, 0.25) is 0 Å². The lowest BCUT2D eigenvalue weighted by Crippen LogP contribution is -2.46. The number of aryl methyl sites for hydroxylation is 1. The summed E-state index contributed by atoms with van der Waals surface area (Å²) in [6, 6.07) is 7.79. The highest BCUT2D eigenvalue weighted by Crippen LogP contribution is 2.37. The zero-order chi connectivity index (χ0) is 23.8. The van der Waals surface area contributed by atoms with E-state index in [1.165, 1.54) is 6.20 Å². The van der Waals surface area contributed by atoms with Crippen LogP contribution in [0.2, 0.25) is 0 Å². The number of carbonyl (C=O) groups excluding carboxylic acids is 2. The van der Waals surface area contributed by atoms with Crippen LogP contribution < -0.4 is 11.1 Å². The van der Waals surface area contributed by atoms with Crippen molar-refractivity contribution in [2.75, 3.05) is 30.8 Å². The van der Waals surface area contributed by atoms with Crippen LogP contribution in [0.4, 0.5) is 11.5 Å². The molecule has 2 amide bonds. The van der Waals surface area contributed by atoms with Crippen LogP contribution in [0.25, 0.3) is 10.2 Å². The van der Waals surface area contributed by atoms with E-state index in [0.717, 1.165) is 58.8 Å². The lowest BCUT2D eigenvalue weighted by atomic mass is 9.89. The van der Waals surface area contributed by atoms with Crippen molar-refractivity contribution in [2.45, 2.75) is 45.1 Å². The van der Waals surface area contributed by atoms with Gasteiger partial charge in [-0.2, -0.15) is 0 Å². The maximum absolute atomic E-state index is 13.3. The number of ether oxygens (including phenoxy) is 1. The summed E-state index contributed by atoms with van der Waals surface area (Å²) in [5.41, 5.74) is 8.93. The molecule has 8 nitrogen and oxygen atoms in total. The Balaban J connectivity index is 1.38. The minimum absolute atomic E-state index is 0.162. The first-order chi connectivity index (χ1) is 16.4. The number of amides is 2. The number of nitrogens with one attached hydrogen (secondary N) is 1. The second-order valence-electron chi connectivity index (χ2n) is 9.38. The highest BCUT2D eigenvalue weighted by Gasteiger charge is 2.34. The van der Waals surface area contributed by atoms with Crippen LogP contribution in [-0.4, -0.2) is 46.4 Å². The molecule has 1 aromatic carbocycles. The van der Waals surface area contributed by atoms with Crippen molar-refractivity contribution in [3.05, 3.63) is 46.6 Å². The molecule has 2 aliphatic heterocycles. The molecule has 178 valence electrons. The van der Waals surface area contributed by atoms with Crippen LogP contribution in [0.5, 0.6) is 0 Å². The average molecular weight is 480 g/mol. The van der Waals surface area contributed by atoms with Crippen molar-refractivity contribution in [1.29, 1.82) is 0 Å². The number of nitrogens with two attached hydrogens (primary N) is 1. The molecular weight excluding hydrogens is 450 g/mol. The molecule has 34 heavy (non-hydrogen) atoms. The number of carbonyl (C=O) groups is 2. The molecule has 4 heterocycles. The molecular formula is C25H29N5O3S. The van der Waals surface area contributed by atoms with Gasteiger partial charge in [-0.05, 0) is 61.4 Å². The van der Waals surface area contributed by atoms with Gasteiger partial charge in [-0.1, -0.05) is 13.0 Å². The fraction of sp³-hybridized carbons (Fsp3) is 0.440. The number of piperidine rings is 1. The number of likely N-dealkylation sites (tertiary alicyclic amines) is 1. The Labute approximate surface area is 202 Å². The van der Waals surface area contributed by atoms with Crippen molar-refractivity contribution in [3.8, 4) is 0 Å². The maximum Gasteiger partial charge on any atom is 0.313 e. The van der Waals surface area contributed by atoms with Gasteiger partial charge in [0.15, 0.2) is 0 Å². The standard InChI is InChI=1S/C25H29N5O3S/c1-14-3-5-20(16-4-6-21-19(10-16)29-24(34-21)17-7-8-33-13-17)30(12-14)25(32)23(31)28-18-9-15(2)22(26)27-11-18/h4,6,9-11,14,17,20H,3,5,7-8,12-13H2,1-2H3,(H2,26,27)(H,28,31)/t14-,17?,20+/m0/s1. The van der Waals surface area contributed by atoms with E-state index in [0.29, 0.717) is 29.9 Å². The van der Waals surface area contributed by atoms with Crippen molar-refractivity contribution in [2.24, 2.45) is 5.92 Å². The number of nitrogens with zero attached hydrogens (tertiary/aromatic N) is 3. The molecule has 2 aliphatic rings. The predicted molar refractivity (Wildman–Crippen MR) is 133 cm³/mol. The van der Waals surface area contributed by atoms with Gasteiger partial charge in [-0.15, -0.1) is 11.3 Å². The normalized spacial score (nSPS) is 22.8. The van der Waals surface area contributed by atoms with Gasteiger partial charge >= 0.3 is 11.8 Å². The van der Waals surface area contributed by atoms with Gasteiger partial charge in [0.05, 0.1) is 39.8 Å². The molecule has 9 heteroatoms. The SMILES string of the molecule is Cc1cc(NC(=O)C(=O)N2C[C@@H](C)CC[C@@H]2c2ccc3sc(C4CCOC4)nc3c2)cnc1N. The maximum atomic E-state index is 13.3. The first-order valence-corrected chi connectivity index (χ1v) is 12.5. The first kappa shape index (κ1) is 22.7. The number of benzene rings is 1. The van der Waals surface area contributed by atoms with Crippen molar-refractivity contribution in [1.82, 2.24) is 14.9 Å². The second kappa shape index (κ2) is 9.31. The third-order valence-electron chi connectivity index (χ3n) is 6.74. The number of rotatable bonds is 3. The topological polar surface area (TPSA) is 110 Å². The zero-order valence-electron chi connectivity index (χ0n) is 19.4. The number of pyridine rings is 1. The summed E-state index contributed by atoms with van der Waals surface area (Å²) in [5, 5.41) is 3.80. The smallest absolute Gasteiger partial charge is 0.313 e. The van der Waals surface area contributed by atoms with Crippen molar-refractivity contribution < 1.29 is 14.3 Å². The molecule has 0 bridgehead atoms. The first-order valence-electron chi connectivity index (χ1n) is 11.7. The molecule has 0 saturated carbocycles. The predicted octanol–water partition coefficient (Wildman–Crippen LogP) is 4.02. The fourth-order valence-electron chi connectivity index (χ4n) is 4.77. The number of fused-ring (bicyclic) bond motifs is 1. The van der Waals surface area contributed by atoms with Crippen molar-refractivity contribution in [3.63, 3.8) is 0 Å². The molecule has 0 spiro atoms. The third-order valence-corrected chi connectivity index (χ3v) is 7.94. The molecule has 3 aromatic rings. The lowest BCUT2D eigenvalue weighted by Gasteiger charge is -2.38. The van der Waals surface area contributed by atoms with E-state index >= 15 is 0 Å². The van der Waals surface area contributed by atoms with Gasteiger partial charge in [-0.25, -0.2) is 9.97 Å². The van der Waals surface area contributed by atoms with E-state index in [4.69, 9.17) is 15.5 Å². The quantitative estimate of drug-likeness (QED) is 0.549. The molecule has 2 saturated heterocycles. The Kier molecular flexibility index (Phi) is 6.22. The van der Waals surface area contributed by atoms with Crippen LogP contribution in [0.15, 0.2) is 30.5 Å². The van der Waals surface area contributed by atoms with Crippen molar-refractivity contribution >= 4 is 44.9 Å². The summed E-state index contributed by atoms with van der Waals surface area (Å²) in [7, 11) is 0. The summed E-state index contributed by atoms with van der Waals surface area (Å²) in [6.45, 7) is 5.98. The highest BCUT2D eigenvalue weighted by molar-refractivity contribution is 7.18. The number of anilines is 2. The number of thiazole rings is 1. The highest BCUT2D eigenvalue weighted by atomic mass is 32.1. The van der Waals surface area contributed by atoms with E-state index in [-0.39, 0.29) is 6.04 Å². The number of hydrogen-bond donors (Lipinski definition) is 2. The van der Waals surface area contributed by atoms with Gasteiger partial charge in [-0.3, -0.25) is 9.59 Å². The minimum atomic E-state index is -0.664. The Morgan fingerprint density at radius 3 is 2.85 bits per heavy atom. The summed E-state index contributed by atoms with van der Waals surface area (Å²) < 4.78 is 6.66. The summed E-state index contributed by atoms with van der Waals surface area (Å²) in [4.78, 5) is 36.8. The van der Waals surface area contributed by atoms with Gasteiger partial charge < -0.3 is 20.7 Å². The van der Waals surface area contributed by atoms with E-state index in [2.05, 4.69) is 35.4 Å². The molecule has 2 fully saturated rings. The van der Waals surface area contributed by atoms with Gasteiger partial charge in [0.25, 0.3) is 0 Å².